The van der Waals surface area contributed by atoms with Gasteiger partial charge in [0.25, 0.3) is 0 Å². The minimum absolute atomic E-state index is 0.162. The lowest BCUT2D eigenvalue weighted by Gasteiger charge is -2.33. The normalized spacial score (nSPS) is 21.5. The summed E-state index contributed by atoms with van der Waals surface area (Å²) in [6.45, 7) is 4.91. The molecule has 0 aromatic carbocycles. The van der Waals surface area contributed by atoms with E-state index in [0.29, 0.717) is 5.92 Å². The van der Waals surface area contributed by atoms with E-state index in [0.717, 1.165) is 45.3 Å². The maximum absolute atomic E-state index is 12.3. The summed E-state index contributed by atoms with van der Waals surface area (Å²) in [6.07, 6.45) is 10.1. The molecule has 2 aliphatic rings. The van der Waals surface area contributed by atoms with Gasteiger partial charge in [-0.05, 0) is 32.1 Å². The van der Waals surface area contributed by atoms with Crippen molar-refractivity contribution in [1.29, 1.82) is 0 Å². The van der Waals surface area contributed by atoms with Crippen LogP contribution in [0.3, 0.4) is 0 Å². The lowest BCUT2D eigenvalue weighted by molar-refractivity contribution is -0.134. The maximum Gasteiger partial charge on any atom is 0.242 e. The minimum atomic E-state index is -0.521. The molecule has 1 aromatic heterocycles. The topological polar surface area (TPSA) is 64.2 Å². The fourth-order valence-electron chi connectivity index (χ4n) is 3.20. The van der Waals surface area contributed by atoms with Crippen molar-refractivity contribution in [2.45, 2.75) is 63.5 Å². The van der Waals surface area contributed by atoms with Gasteiger partial charge in [-0.3, -0.25) is 4.79 Å². The van der Waals surface area contributed by atoms with E-state index in [2.05, 4.69) is 22.7 Å². The van der Waals surface area contributed by atoms with Crippen molar-refractivity contribution in [3.8, 4) is 0 Å². The summed E-state index contributed by atoms with van der Waals surface area (Å²) in [4.78, 5) is 18.8. The van der Waals surface area contributed by atoms with Crippen LogP contribution >= 0.6 is 0 Å². The van der Waals surface area contributed by atoms with Crippen molar-refractivity contribution in [3.05, 3.63) is 18.2 Å². The van der Waals surface area contributed by atoms with E-state index in [4.69, 9.17) is 5.73 Å². The lowest BCUT2D eigenvalue weighted by atomic mass is 9.95. The van der Waals surface area contributed by atoms with Gasteiger partial charge in [0, 0.05) is 37.9 Å². The molecule has 116 valence electrons. The molecule has 3 rings (SSSR count). The first-order valence-corrected chi connectivity index (χ1v) is 8.23. The standard InChI is InChI=1S/C16H26N4O/c1-2-3-9-19-12-8-18-14(19)13-4-10-20(11-5-13)15(21)16(17)6-7-16/h8,12-13H,2-7,9-11,17H2,1H3. The largest absolute Gasteiger partial charge is 0.341 e. The van der Waals surface area contributed by atoms with Gasteiger partial charge < -0.3 is 15.2 Å². The summed E-state index contributed by atoms with van der Waals surface area (Å²) in [5, 5.41) is 0. The maximum atomic E-state index is 12.3. The third kappa shape index (κ3) is 2.98. The smallest absolute Gasteiger partial charge is 0.242 e. The number of nitrogens with zero attached hydrogens (tertiary/aromatic N) is 3. The molecule has 2 N–H and O–H groups in total. The number of aromatic nitrogens is 2. The summed E-state index contributed by atoms with van der Waals surface area (Å²) in [6, 6.07) is 0. The molecule has 1 amide bonds. The molecule has 2 heterocycles. The number of hydrogen-bond donors (Lipinski definition) is 1. The molecule has 21 heavy (non-hydrogen) atoms. The molecule has 5 nitrogen and oxygen atoms in total. The molecular formula is C16H26N4O. The first-order chi connectivity index (χ1) is 10.1. The molecule has 0 radical (unpaired) electrons. The Labute approximate surface area is 126 Å². The van der Waals surface area contributed by atoms with Crippen LogP contribution in [0.5, 0.6) is 0 Å². The summed E-state index contributed by atoms with van der Waals surface area (Å²) in [5.74, 6) is 1.84. The van der Waals surface area contributed by atoms with E-state index in [9.17, 15) is 4.79 Å². The fourth-order valence-corrected chi connectivity index (χ4v) is 3.20. The average molecular weight is 290 g/mol. The van der Waals surface area contributed by atoms with Crippen LogP contribution in [0.4, 0.5) is 0 Å². The van der Waals surface area contributed by atoms with Crippen LogP contribution in [0, 0.1) is 0 Å². The Balaban J connectivity index is 1.58. The zero-order chi connectivity index (χ0) is 14.9. The average Bonchev–Trinajstić information content (AvgIpc) is 3.10. The molecule has 0 atom stereocenters. The zero-order valence-electron chi connectivity index (χ0n) is 12.9. The molecule has 0 spiro atoms. The number of carbonyl (C=O) groups excluding carboxylic acids is 1. The van der Waals surface area contributed by atoms with Gasteiger partial charge in [-0.1, -0.05) is 13.3 Å². The van der Waals surface area contributed by atoms with E-state index in [1.807, 2.05) is 11.1 Å². The third-order valence-corrected chi connectivity index (χ3v) is 4.86. The van der Waals surface area contributed by atoms with Gasteiger partial charge in [0.2, 0.25) is 5.91 Å². The highest BCUT2D eigenvalue weighted by Gasteiger charge is 2.48. The zero-order valence-corrected chi connectivity index (χ0v) is 12.9. The first kappa shape index (κ1) is 14.6. The molecule has 0 unspecified atom stereocenters. The van der Waals surface area contributed by atoms with Crippen molar-refractivity contribution in [1.82, 2.24) is 14.5 Å². The summed E-state index contributed by atoms with van der Waals surface area (Å²) < 4.78 is 2.29. The minimum Gasteiger partial charge on any atom is -0.341 e. The van der Waals surface area contributed by atoms with E-state index < -0.39 is 5.54 Å². The number of rotatable bonds is 5. The number of carbonyl (C=O) groups is 1. The van der Waals surface area contributed by atoms with Gasteiger partial charge in [-0.2, -0.15) is 0 Å². The van der Waals surface area contributed by atoms with Crippen LogP contribution in [-0.4, -0.2) is 39.0 Å². The van der Waals surface area contributed by atoms with Gasteiger partial charge in [0.05, 0.1) is 5.54 Å². The second-order valence-corrected chi connectivity index (χ2v) is 6.56. The number of likely N-dealkylation sites (tertiary alicyclic amines) is 1. The fraction of sp³-hybridized carbons (Fsp3) is 0.750. The van der Waals surface area contributed by atoms with Gasteiger partial charge in [-0.25, -0.2) is 4.98 Å². The van der Waals surface area contributed by atoms with E-state index in [1.165, 1.54) is 18.7 Å². The molecule has 1 aliphatic carbocycles. The molecule has 5 heteroatoms. The molecule has 1 saturated carbocycles. The van der Waals surface area contributed by atoms with Crippen molar-refractivity contribution < 1.29 is 4.79 Å². The van der Waals surface area contributed by atoms with Crippen molar-refractivity contribution in [3.63, 3.8) is 0 Å². The quantitative estimate of drug-likeness (QED) is 0.900. The van der Waals surface area contributed by atoms with E-state index in [-0.39, 0.29) is 5.91 Å². The number of unbranched alkanes of at least 4 members (excludes halogenated alkanes) is 1. The molecule has 1 aliphatic heterocycles. The Morgan fingerprint density at radius 3 is 2.76 bits per heavy atom. The van der Waals surface area contributed by atoms with Crippen LogP contribution in [0.1, 0.15) is 57.2 Å². The summed E-state index contributed by atoms with van der Waals surface area (Å²) in [5.41, 5.74) is 5.50. The Hall–Kier alpha value is -1.36. The van der Waals surface area contributed by atoms with Crippen molar-refractivity contribution in [2.24, 2.45) is 5.73 Å². The molecule has 1 aromatic rings. The third-order valence-electron chi connectivity index (χ3n) is 4.86. The van der Waals surface area contributed by atoms with Crippen LogP contribution in [0.15, 0.2) is 12.4 Å². The van der Waals surface area contributed by atoms with Crippen LogP contribution in [-0.2, 0) is 11.3 Å². The molecular weight excluding hydrogens is 264 g/mol. The predicted molar refractivity (Wildman–Crippen MR) is 81.8 cm³/mol. The Morgan fingerprint density at radius 1 is 1.43 bits per heavy atom. The number of piperidine rings is 1. The van der Waals surface area contributed by atoms with E-state index >= 15 is 0 Å². The first-order valence-electron chi connectivity index (χ1n) is 8.23. The Kier molecular flexibility index (Phi) is 4.02. The highest BCUT2D eigenvalue weighted by atomic mass is 16.2. The van der Waals surface area contributed by atoms with E-state index in [1.54, 1.807) is 0 Å². The van der Waals surface area contributed by atoms with Crippen molar-refractivity contribution in [2.75, 3.05) is 13.1 Å². The highest BCUT2D eigenvalue weighted by molar-refractivity contribution is 5.89. The van der Waals surface area contributed by atoms with Gasteiger partial charge in [0.1, 0.15) is 5.82 Å². The van der Waals surface area contributed by atoms with Crippen LogP contribution < -0.4 is 5.73 Å². The number of hydrogen-bond acceptors (Lipinski definition) is 3. The Morgan fingerprint density at radius 2 is 2.14 bits per heavy atom. The number of nitrogens with two attached hydrogens (primary N) is 1. The molecule has 2 fully saturated rings. The van der Waals surface area contributed by atoms with Gasteiger partial charge in [0.15, 0.2) is 0 Å². The van der Waals surface area contributed by atoms with Crippen LogP contribution in [0.2, 0.25) is 0 Å². The van der Waals surface area contributed by atoms with Crippen LogP contribution in [0.25, 0.3) is 0 Å². The molecule has 1 saturated heterocycles. The summed E-state index contributed by atoms with van der Waals surface area (Å²) >= 11 is 0. The SMILES string of the molecule is CCCCn1ccnc1C1CCN(C(=O)C2(N)CC2)CC1. The van der Waals surface area contributed by atoms with Gasteiger partial charge in [-0.15, -0.1) is 0 Å². The summed E-state index contributed by atoms with van der Waals surface area (Å²) in [7, 11) is 0. The second-order valence-electron chi connectivity index (χ2n) is 6.56. The number of aryl methyl sites for hydroxylation is 1. The monoisotopic (exact) mass is 290 g/mol. The predicted octanol–water partition coefficient (Wildman–Crippen LogP) is 1.88. The van der Waals surface area contributed by atoms with Gasteiger partial charge >= 0.3 is 0 Å². The number of amides is 1. The Bertz CT molecular complexity index is 498. The molecule has 0 bridgehead atoms. The second kappa shape index (κ2) is 5.79. The highest BCUT2D eigenvalue weighted by Crippen LogP contribution is 2.36. The van der Waals surface area contributed by atoms with Crippen molar-refractivity contribution >= 4 is 5.91 Å². The number of imidazole rings is 1. The lowest BCUT2D eigenvalue weighted by Crippen LogP contribution is -2.48.